The number of aromatic hydroxyl groups is 1. The molecule has 1 atom stereocenters. The molecule has 1 aromatic rings. The second-order valence-electron chi connectivity index (χ2n) is 10.1. The van der Waals surface area contributed by atoms with E-state index in [-0.39, 0.29) is 27.5 Å². The van der Waals surface area contributed by atoms with E-state index in [1.807, 2.05) is 0 Å². The first kappa shape index (κ1) is 29.0. The summed E-state index contributed by atoms with van der Waals surface area (Å²) in [7, 11) is -2.34. The van der Waals surface area contributed by atoms with Gasteiger partial charge in [0.25, 0.3) is 5.91 Å². The lowest BCUT2D eigenvalue weighted by Gasteiger charge is -2.35. The fourth-order valence-corrected chi connectivity index (χ4v) is 6.58. The predicted octanol–water partition coefficient (Wildman–Crippen LogP) is 3.16. The highest BCUT2D eigenvalue weighted by Crippen LogP contribution is 2.32. The maximum atomic E-state index is 13.2. The molecule has 35 heavy (non-hydrogen) atoms. The molecule has 0 aromatic heterocycles. The highest BCUT2D eigenvalue weighted by Gasteiger charge is 2.36. The van der Waals surface area contributed by atoms with Crippen LogP contribution in [-0.2, 0) is 19.6 Å². The number of thiocarbonyl (C=S) groups is 1. The molecule has 0 radical (unpaired) electrons. The van der Waals surface area contributed by atoms with E-state index in [0.717, 1.165) is 0 Å². The van der Waals surface area contributed by atoms with E-state index >= 15 is 0 Å². The Morgan fingerprint density at radius 2 is 1.69 bits per heavy atom. The number of rotatable bonds is 7. The third-order valence-electron chi connectivity index (χ3n) is 6.24. The van der Waals surface area contributed by atoms with E-state index in [9.17, 15) is 23.1 Å². The SMILES string of the molecule is CNC(=O)C(=S)C(NC(=O)OC(C)(C)C)C1CCC(NS(=O)(=O)c2c(C)cc(O)c(C)c2C)CC1. The van der Waals surface area contributed by atoms with Gasteiger partial charge in [0.2, 0.25) is 10.0 Å². The van der Waals surface area contributed by atoms with E-state index in [0.29, 0.717) is 42.4 Å². The fraction of sp³-hybridized carbons (Fsp3) is 0.625. The number of phenols is 1. The van der Waals surface area contributed by atoms with Crippen molar-refractivity contribution in [2.24, 2.45) is 5.92 Å². The molecular weight excluding hydrogens is 490 g/mol. The van der Waals surface area contributed by atoms with Gasteiger partial charge in [-0.2, -0.15) is 0 Å². The van der Waals surface area contributed by atoms with Gasteiger partial charge in [-0.1, -0.05) is 12.2 Å². The topological polar surface area (TPSA) is 134 Å². The van der Waals surface area contributed by atoms with Gasteiger partial charge >= 0.3 is 6.09 Å². The largest absolute Gasteiger partial charge is 0.508 e. The standard InChI is InChI=1S/C24H37N3O6S2/c1-13-12-18(28)14(2)15(3)21(13)35(31,32)27-17-10-8-16(9-11-17)19(20(34)22(29)25-7)26-23(30)33-24(4,5)6/h12,16-17,19,27-28H,8-11H2,1-7H3,(H,25,29)(H,26,30). The number of carbonyl (C=O) groups is 2. The Morgan fingerprint density at radius 3 is 2.20 bits per heavy atom. The van der Waals surface area contributed by atoms with Crippen molar-refractivity contribution in [1.82, 2.24) is 15.4 Å². The molecule has 1 aliphatic rings. The van der Waals surface area contributed by atoms with Crippen molar-refractivity contribution in [3.8, 4) is 5.75 Å². The van der Waals surface area contributed by atoms with Crippen LogP contribution in [0.5, 0.6) is 5.75 Å². The summed E-state index contributed by atoms with van der Waals surface area (Å²) in [6.07, 6.45) is 1.48. The van der Waals surface area contributed by atoms with Crippen LogP contribution in [0.15, 0.2) is 11.0 Å². The number of alkyl carbamates (subject to hydrolysis) is 1. The van der Waals surface area contributed by atoms with Crippen LogP contribution in [0.2, 0.25) is 0 Å². The molecule has 2 amide bonds. The molecule has 0 spiro atoms. The number of nitrogens with one attached hydrogen (secondary N) is 3. The number of benzene rings is 1. The maximum Gasteiger partial charge on any atom is 0.408 e. The normalized spacial score (nSPS) is 19.5. The summed E-state index contributed by atoms with van der Waals surface area (Å²) < 4.78 is 34.5. The first-order valence-corrected chi connectivity index (χ1v) is 13.5. The number of carbonyl (C=O) groups excluding carboxylic acids is 2. The Kier molecular flexibility index (Phi) is 9.29. The Hall–Kier alpha value is -2.24. The van der Waals surface area contributed by atoms with E-state index in [1.165, 1.54) is 13.1 Å². The summed E-state index contributed by atoms with van der Waals surface area (Å²) in [6.45, 7) is 10.3. The van der Waals surface area contributed by atoms with Crippen molar-refractivity contribution in [2.45, 2.75) is 89.8 Å². The maximum absolute atomic E-state index is 13.2. The van der Waals surface area contributed by atoms with Gasteiger partial charge in [0.1, 0.15) is 16.2 Å². The summed E-state index contributed by atoms with van der Waals surface area (Å²) in [5.74, 6) is -0.528. The second-order valence-corrected chi connectivity index (χ2v) is 12.2. The lowest BCUT2D eigenvalue weighted by molar-refractivity contribution is -0.114. The molecule has 1 unspecified atom stereocenters. The zero-order valence-corrected chi connectivity index (χ0v) is 23.1. The average molecular weight is 528 g/mol. The number of aryl methyl sites for hydroxylation is 1. The number of phenolic OH excluding ortho intramolecular Hbond substituents is 1. The molecule has 1 aliphatic carbocycles. The zero-order chi connectivity index (χ0) is 26.7. The van der Waals surface area contributed by atoms with Crippen LogP contribution in [0.3, 0.4) is 0 Å². The van der Waals surface area contributed by atoms with Crippen molar-refractivity contribution in [3.05, 3.63) is 22.8 Å². The van der Waals surface area contributed by atoms with E-state index in [4.69, 9.17) is 17.0 Å². The lowest BCUT2D eigenvalue weighted by atomic mass is 9.80. The lowest BCUT2D eigenvalue weighted by Crippen LogP contribution is -2.52. The van der Waals surface area contributed by atoms with Crippen molar-refractivity contribution in [2.75, 3.05) is 7.05 Å². The van der Waals surface area contributed by atoms with Crippen LogP contribution in [0.1, 0.15) is 63.1 Å². The number of sulfonamides is 1. The molecule has 0 aliphatic heterocycles. The molecule has 196 valence electrons. The van der Waals surface area contributed by atoms with Crippen molar-refractivity contribution >= 4 is 39.1 Å². The van der Waals surface area contributed by atoms with Crippen molar-refractivity contribution < 1.29 is 27.9 Å². The Labute approximate surface area is 213 Å². The molecule has 0 saturated heterocycles. The summed E-state index contributed by atoms with van der Waals surface area (Å²) >= 11 is 5.36. The average Bonchev–Trinajstić information content (AvgIpc) is 2.73. The minimum Gasteiger partial charge on any atom is -0.508 e. The van der Waals surface area contributed by atoms with Gasteiger partial charge in [-0.25, -0.2) is 17.9 Å². The van der Waals surface area contributed by atoms with Gasteiger partial charge in [0.15, 0.2) is 0 Å². The quantitative estimate of drug-likeness (QED) is 0.400. The van der Waals surface area contributed by atoms with E-state index < -0.39 is 33.7 Å². The number of hydrogen-bond acceptors (Lipinski definition) is 7. The fourth-order valence-electron chi connectivity index (χ4n) is 4.40. The molecule has 4 N–H and O–H groups in total. The van der Waals surface area contributed by atoms with Crippen LogP contribution in [0.25, 0.3) is 0 Å². The molecule has 2 rings (SSSR count). The summed E-state index contributed by atoms with van der Waals surface area (Å²) in [6, 6.07) is 0.446. The zero-order valence-electron chi connectivity index (χ0n) is 21.4. The second kappa shape index (κ2) is 11.2. The molecule has 1 saturated carbocycles. The van der Waals surface area contributed by atoms with E-state index in [1.54, 1.807) is 41.5 Å². The Morgan fingerprint density at radius 1 is 1.11 bits per heavy atom. The van der Waals surface area contributed by atoms with Crippen LogP contribution in [0, 0.1) is 26.7 Å². The summed E-state index contributed by atoms with van der Waals surface area (Å²) in [4.78, 5) is 24.9. The third kappa shape index (κ3) is 7.37. The van der Waals surface area contributed by atoms with E-state index in [2.05, 4.69) is 15.4 Å². The minimum atomic E-state index is -3.81. The van der Waals surface area contributed by atoms with Gasteiger partial charge < -0.3 is 20.5 Å². The first-order valence-electron chi connectivity index (χ1n) is 11.6. The van der Waals surface area contributed by atoms with Crippen LogP contribution < -0.4 is 15.4 Å². The Bertz CT molecular complexity index is 1090. The number of ether oxygens (including phenoxy) is 1. The molecule has 11 heteroatoms. The summed E-state index contributed by atoms with van der Waals surface area (Å²) in [5.41, 5.74) is 0.811. The van der Waals surface area contributed by atoms with Gasteiger partial charge in [-0.3, -0.25) is 4.79 Å². The molecule has 0 bridgehead atoms. The smallest absolute Gasteiger partial charge is 0.408 e. The van der Waals surface area contributed by atoms with Crippen LogP contribution >= 0.6 is 12.2 Å². The predicted molar refractivity (Wildman–Crippen MR) is 138 cm³/mol. The van der Waals surface area contributed by atoms with Crippen LogP contribution in [0.4, 0.5) is 4.79 Å². The van der Waals surface area contributed by atoms with Crippen molar-refractivity contribution in [1.29, 1.82) is 0 Å². The monoisotopic (exact) mass is 527 g/mol. The molecular formula is C24H37N3O6S2. The number of hydrogen-bond donors (Lipinski definition) is 4. The highest BCUT2D eigenvalue weighted by molar-refractivity contribution is 7.89. The summed E-state index contributed by atoms with van der Waals surface area (Å²) in [5, 5.41) is 15.3. The molecule has 0 heterocycles. The highest BCUT2D eigenvalue weighted by atomic mass is 32.2. The van der Waals surface area contributed by atoms with Crippen molar-refractivity contribution in [3.63, 3.8) is 0 Å². The van der Waals surface area contributed by atoms with Gasteiger partial charge in [-0.05, 0) is 95.9 Å². The molecule has 1 aromatic carbocycles. The first-order chi connectivity index (χ1) is 16.1. The minimum absolute atomic E-state index is 0.0632. The van der Waals surface area contributed by atoms with Crippen LogP contribution in [-0.4, -0.2) is 55.1 Å². The third-order valence-corrected chi connectivity index (χ3v) is 8.49. The Balaban J connectivity index is 2.15. The molecule has 1 fully saturated rings. The molecule has 9 nitrogen and oxygen atoms in total. The number of amides is 2. The van der Waals surface area contributed by atoms with Gasteiger partial charge in [0.05, 0.1) is 10.9 Å². The van der Waals surface area contributed by atoms with Gasteiger partial charge in [-0.15, -0.1) is 0 Å². The van der Waals surface area contributed by atoms with Gasteiger partial charge in [0, 0.05) is 13.1 Å².